The highest BCUT2D eigenvalue weighted by molar-refractivity contribution is 5.71. The molecule has 160 valence electrons. The predicted molar refractivity (Wildman–Crippen MR) is 113 cm³/mol. The van der Waals surface area contributed by atoms with Gasteiger partial charge in [-0.25, -0.2) is 4.79 Å². The molecule has 3 saturated heterocycles. The fourth-order valence-corrected chi connectivity index (χ4v) is 4.95. The van der Waals surface area contributed by atoms with E-state index < -0.39 is 0 Å². The van der Waals surface area contributed by atoms with Crippen molar-refractivity contribution >= 4 is 6.09 Å². The lowest BCUT2D eigenvalue weighted by atomic mass is 9.92. The van der Waals surface area contributed by atoms with Crippen LogP contribution in [0.1, 0.15) is 44.6 Å². The molecule has 6 nitrogen and oxygen atoms in total. The molecule has 0 aromatic heterocycles. The summed E-state index contributed by atoms with van der Waals surface area (Å²) in [6, 6.07) is 8.40. The molecule has 3 heterocycles. The van der Waals surface area contributed by atoms with Crippen LogP contribution in [-0.2, 0) is 11.3 Å². The molecule has 0 N–H and O–H groups in total. The molecule has 0 aliphatic carbocycles. The molecular formula is C23H35N3O3. The zero-order valence-corrected chi connectivity index (χ0v) is 17.8. The Morgan fingerprint density at radius 1 is 1.07 bits per heavy atom. The Labute approximate surface area is 174 Å². The van der Waals surface area contributed by atoms with E-state index in [1.165, 1.54) is 37.9 Å². The van der Waals surface area contributed by atoms with Gasteiger partial charge in [-0.2, -0.15) is 0 Å². The molecule has 0 saturated carbocycles. The number of amides is 1. The lowest BCUT2D eigenvalue weighted by molar-refractivity contribution is 0.0444. The van der Waals surface area contributed by atoms with E-state index in [4.69, 9.17) is 9.47 Å². The van der Waals surface area contributed by atoms with Crippen LogP contribution in [-0.4, -0.2) is 78.8 Å². The third-order valence-electron chi connectivity index (χ3n) is 6.76. The van der Waals surface area contributed by atoms with Crippen LogP contribution in [0.5, 0.6) is 5.75 Å². The topological polar surface area (TPSA) is 45.3 Å². The number of ether oxygens (including phenoxy) is 2. The molecule has 6 heteroatoms. The number of carbonyl (C=O) groups is 1. The number of rotatable bonds is 8. The van der Waals surface area contributed by atoms with E-state index in [9.17, 15) is 4.79 Å². The van der Waals surface area contributed by atoms with Gasteiger partial charge in [0.15, 0.2) is 0 Å². The summed E-state index contributed by atoms with van der Waals surface area (Å²) in [4.78, 5) is 19.0. The van der Waals surface area contributed by atoms with Crippen LogP contribution < -0.4 is 4.74 Å². The molecular weight excluding hydrogens is 366 g/mol. The molecule has 1 aromatic carbocycles. The van der Waals surface area contributed by atoms with Crippen molar-refractivity contribution in [2.24, 2.45) is 0 Å². The Bertz CT molecular complexity index is 692. The number of para-hydroxylation sites is 1. The summed E-state index contributed by atoms with van der Waals surface area (Å²) in [5.41, 5.74) is 1.06. The predicted octanol–water partition coefficient (Wildman–Crippen LogP) is 3.36. The van der Waals surface area contributed by atoms with Gasteiger partial charge in [-0.15, -0.1) is 0 Å². The Morgan fingerprint density at radius 3 is 2.72 bits per heavy atom. The van der Waals surface area contributed by atoms with Crippen molar-refractivity contribution in [3.8, 4) is 5.75 Å². The minimum absolute atomic E-state index is 0.149. The lowest BCUT2D eigenvalue weighted by Crippen LogP contribution is -2.60. The van der Waals surface area contributed by atoms with Crippen molar-refractivity contribution < 1.29 is 14.3 Å². The normalized spacial score (nSPS) is 25.7. The van der Waals surface area contributed by atoms with Gasteiger partial charge >= 0.3 is 6.09 Å². The highest BCUT2D eigenvalue weighted by Crippen LogP contribution is 2.33. The van der Waals surface area contributed by atoms with Crippen LogP contribution in [0.15, 0.2) is 24.3 Å². The number of cyclic esters (lactones) is 1. The first-order chi connectivity index (χ1) is 14.2. The van der Waals surface area contributed by atoms with Crippen LogP contribution in [0, 0.1) is 0 Å². The van der Waals surface area contributed by atoms with Crippen LogP contribution in [0.4, 0.5) is 4.79 Å². The second kappa shape index (κ2) is 9.35. The third kappa shape index (κ3) is 4.69. The van der Waals surface area contributed by atoms with Crippen LogP contribution in [0.3, 0.4) is 0 Å². The molecule has 1 atom stereocenters. The number of benzene rings is 1. The van der Waals surface area contributed by atoms with Gasteiger partial charge < -0.3 is 14.4 Å². The van der Waals surface area contributed by atoms with Gasteiger partial charge in [0.05, 0.1) is 12.1 Å². The zero-order chi connectivity index (χ0) is 20.1. The number of likely N-dealkylation sites (tertiary alicyclic amines) is 1. The standard InChI is InChI=1S/C23H35N3O3/c1-2-23-18-25(14-15-26(23)22(27)29-19-23)17-20-9-4-5-10-21(20)28-16-8-13-24-11-6-3-7-12-24/h4-5,9-10H,2-3,6-8,11-19H2,1H3. The van der Waals surface area contributed by atoms with Gasteiger partial charge in [-0.1, -0.05) is 31.5 Å². The Kier molecular flexibility index (Phi) is 6.60. The number of nitrogens with zero attached hydrogens (tertiary/aromatic N) is 3. The van der Waals surface area contributed by atoms with Crippen molar-refractivity contribution in [2.75, 3.05) is 52.5 Å². The van der Waals surface area contributed by atoms with Crippen molar-refractivity contribution in [1.82, 2.24) is 14.7 Å². The summed E-state index contributed by atoms with van der Waals surface area (Å²) in [6.45, 7) is 10.4. The molecule has 0 radical (unpaired) electrons. The maximum Gasteiger partial charge on any atom is 0.410 e. The van der Waals surface area contributed by atoms with E-state index in [0.29, 0.717) is 6.61 Å². The molecule has 0 spiro atoms. The van der Waals surface area contributed by atoms with Crippen LogP contribution in [0.2, 0.25) is 0 Å². The fraction of sp³-hybridized carbons (Fsp3) is 0.696. The Morgan fingerprint density at radius 2 is 1.90 bits per heavy atom. The van der Waals surface area contributed by atoms with E-state index in [1.807, 2.05) is 4.90 Å². The Balaban J connectivity index is 1.31. The first kappa shape index (κ1) is 20.5. The highest BCUT2D eigenvalue weighted by Gasteiger charge is 2.49. The smallest absolute Gasteiger partial charge is 0.410 e. The minimum atomic E-state index is -0.167. The lowest BCUT2D eigenvalue weighted by Gasteiger charge is -2.44. The molecule has 3 aliphatic rings. The van der Waals surface area contributed by atoms with Gasteiger partial charge in [0, 0.05) is 38.3 Å². The average molecular weight is 402 g/mol. The molecule has 3 fully saturated rings. The summed E-state index contributed by atoms with van der Waals surface area (Å²) in [7, 11) is 0. The summed E-state index contributed by atoms with van der Waals surface area (Å²) in [5.74, 6) is 0.998. The summed E-state index contributed by atoms with van der Waals surface area (Å²) < 4.78 is 11.5. The van der Waals surface area contributed by atoms with E-state index in [1.54, 1.807) is 0 Å². The molecule has 3 aliphatic heterocycles. The molecule has 29 heavy (non-hydrogen) atoms. The van der Waals surface area contributed by atoms with Crippen LogP contribution in [0.25, 0.3) is 0 Å². The highest BCUT2D eigenvalue weighted by atomic mass is 16.6. The minimum Gasteiger partial charge on any atom is -0.493 e. The maximum absolute atomic E-state index is 12.0. The summed E-state index contributed by atoms with van der Waals surface area (Å²) >= 11 is 0. The molecule has 0 bridgehead atoms. The molecule has 1 unspecified atom stereocenters. The number of fused-ring (bicyclic) bond motifs is 1. The number of piperazine rings is 1. The van der Waals surface area contributed by atoms with E-state index >= 15 is 0 Å². The first-order valence-electron chi connectivity index (χ1n) is 11.3. The van der Waals surface area contributed by atoms with E-state index in [0.717, 1.165) is 57.9 Å². The summed E-state index contributed by atoms with van der Waals surface area (Å²) in [6.07, 6.45) is 5.91. The van der Waals surface area contributed by atoms with Gasteiger partial charge in [0.1, 0.15) is 12.4 Å². The first-order valence-corrected chi connectivity index (χ1v) is 11.3. The van der Waals surface area contributed by atoms with E-state index in [-0.39, 0.29) is 11.6 Å². The monoisotopic (exact) mass is 401 g/mol. The van der Waals surface area contributed by atoms with Crippen LogP contribution >= 0.6 is 0 Å². The van der Waals surface area contributed by atoms with Crippen molar-refractivity contribution in [3.63, 3.8) is 0 Å². The maximum atomic E-state index is 12.0. The number of carbonyl (C=O) groups excluding carboxylic acids is 1. The van der Waals surface area contributed by atoms with Gasteiger partial charge in [-0.05, 0) is 44.8 Å². The number of piperidine rings is 1. The van der Waals surface area contributed by atoms with E-state index in [2.05, 4.69) is 41.0 Å². The van der Waals surface area contributed by atoms with Crippen molar-refractivity contribution in [1.29, 1.82) is 0 Å². The zero-order valence-electron chi connectivity index (χ0n) is 17.8. The van der Waals surface area contributed by atoms with Crippen molar-refractivity contribution in [3.05, 3.63) is 29.8 Å². The largest absolute Gasteiger partial charge is 0.493 e. The molecule has 1 amide bonds. The summed E-state index contributed by atoms with van der Waals surface area (Å²) in [5, 5.41) is 0. The van der Waals surface area contributed by atoms with Gasteiger partial charge in [0.25, 0.3) is 0 Å². The number of hydrogen-bond donors (Lipinski definition) is 0. The quantitative estimate of drug-likeness (QED) is 0.625. The fourth-order valence-electron chi connectivity index (χ4n) is 4.95. The van der Waals surface area contributed by atoms with Gasteiger partial charge in [0.2, 0.25) is 0 Å². The average Bonchev–Trinajstić information content (AvgIpc) is 3.09. The SMILES string of the molecule is CCC12COC(=O)N1CCN(Cc1ccccc1OCCCN1CCCCC1)C2. The molecule has 1 aromatic rings. The molecule has 4 rings (SSSR count). The third-order valence-corrected chi connectivity index (χ3v) is 6.76. The second-order valence-corrected chi connectivity index (χ2v) is 8.71. The second-order valence-electron chi connectivity index (χ2n) is 8.71. The van der Waals surface area contributed by atoms with Gasteiger partial charge in [-0.3, -0.25) is 9.80 Å². The van der Waals surface area contributed by atoms with Crippen molar-refractivity contribution in [2.45, 2.75) is 51.1 Å². The number of hydrogen-bond acceptors (Lipinski definition) is 5. The Hall–Kier alpha value is -1.79.